The average molecular weight is 261 g/mol. The summed E-state index contributed by atoms with van der Waals surface area (Å²) in [5, 5.41) is 0. The van der Waals surface area contributed by atoms with Crippen LogP contribution in [0.5, 0.6) is 0 Å². The number of hydrogen-bond acceptors (Lipinski definition) is 2. The quantitative estimate of drug-likeness (QED) is 0.773. The third-order valence-corrected chi connectivity index (χ3v) is 5.10. The van der Waals surface area contributed by atoms with Crippen LogP contribution in [-0.2, 0) is 4.79 Å². The summed E-state index contributed by atoms with van der Waals surface area (Å²) in [5.74, 6) is 1.38. The van der Waals surface area contributed by atoms with Crippen LogP contribution in [-0.4, -0.2) is 29.6 Å². The number of rotatable bonds is 1. The number of nitrogens with zero attached hydrogens (tertiary/aromatic N) is 1. The minimum Gasteiger partial charge on any atom is -0.342 e. The summed E-state index contributed by atoms with van der Waals surface area (Å²) < 4.78 is 0. The van der Waals surface area contributed by atoms with Gasteiger partial charge in [0.25, 0.3) is 0 Å². The fraction of sp³-hybridized carbons (Fsp3) is 0.533. The first-order chi connectivity index (χ1) is 8.86. The number of hydrogen-bond donors (Lipinski definition) is 0. The van der Waals surface area contributed by atoms with Gasteiger partial charge in [-0.3, -0.25) is 4.79 Å². The van der Waals surface area contributed by atoms with Gasteiger partial charge in [-0.1, -0.05) is 31.0 Å². The maximum Gasteiger partial charge on any atom is 0.231 e. The van der Waals surface area contributed by atoms with Crippen molar-refractivity contribution in [2.75, 3.05) is 18.8 Å². The fourth-order valence-corrected chi connectivity index (χ4v) is 4.10. The van der Waals surface area contributed by atoms with Crippen molar-refractivity contribution in [2.24, 2.45) is 0 Å². The fourth-order valence-electron chi connectivity index (χ4n) is 2.88. The van der Waals surface area contributed by atoms with Gasteiger partial charge in [-0.05, 0) is 24.5 Å². The highest BCUT2D eigenvalue weighted by molar-refractivity contribution is 7.99. The van der Waals surface area contributed by atoms with E-state index in [2.05, 4.69) is 23.1 Å². The van der Waals surface area contributed by atoms with Gasteiger partial charge in [-0.2, -0.15) is 0 Å². The Morgan fingerprint density at radius 1 is 1.11 bits per heavy atom. The molecule has 1 fully saturated rings. The Morgan fingerprint density at radius 3 is 2.61 bits per heavy atom. The molecule has 96 valence electrons. The first kappa shape index (κ1) is 12.1. The molecule has 1 aromatic carbocycles. The Morgan fingerprint density at radius 2 is 1.83 bits per heavy atom. The molecule has 18 heavy (non-hydrogen) atoms. The molecule has 2 aliphatic rings. The van der Waals surface area contributed by atoms with E-state index >= 15 is 0 Å². The highest BCUT2D eigenvalue weighted by Crippen LogP contribution is 2.40. The lowest BCUT2D eigenvalue weighted by Crippen LogP contribution is -2.36. The van der Waals surface area contributed by atoms with Gasteiger partial charge in [0.2, 0.25) is 5.91 Å². The number of fused-ring (bicyclic) bond motifs is 1. The molecule has 0 bridgehead atoms. The molecular formula is C15H19NOS. The topological polar surface area (TPSA) is 20.3 Å². The number of amides is 1. The van der Waals surface area contributed by atoms with E-state index in [1.165, 1.54) is 36.1 Å². The molecule has 1 saturated heterocycles. The number of benzene rings is 1. The van der Waals surface area contributed by atoms with Gasteiger partial charge in [0.05, 0.1) is 5.92 Å². The Hall–Kier alpha value is -0.960. The van der Waals surface area contributed by atoms with Gasteiger partial charge in [-0.15, -0.1) is 11.8 Å². The molecule has 0 saturated carbocycles. The van der Waals surface area contributed by atoms with Crippen molar-refractivity contribution in [3.63, 3.8) is 0 Å². The first-order valence-corrected chi connectivity index (χ1v) is 7.85. The number of carbonyl (C=O) groups is 1. The van der Waals surface area contributed by atoms with E-state index in [-0.39, 0.29) is 5.92 Å². The predicted octanol–water partition coefficient (Wildman–Crippen LogP) is 3.28. The van der Waals surface area contributed by atoms with Crippen molar-refractivity contribution >= 4 is 17.7 Å². The van der Waals surface area contributed by atoms with Crippen molar-refractivity contribution in [1.82, 2.24) is 4.90 Å². The Bertz CT molecular complexity index is 438. The molecule has 3 rings (SSSR count). The summed E-state index contributed by atoms with van der Waals surface area (Å²) in [4.78, 5) is 16.0. The third kappa shape index (κ3) is 2.28. The summed E-state index contributed by atoms with van der Waals surface area (Å²) >= 11 is 1.83. The average Bonchev–Trinajstić information content (AvgIpc) is 2.65. The number of likely N-dealkylation sites (tertiary alicyclic amines) is 1. The Balaban J connectivity index is 1.77. The summed E-state index contributed by atoms with van der Waals surface area (Å²) in [6.45, 7) is 1.92. The second kappa shape index (κ2) is 5.35. The largest absolute Gasteiger partial charge is 0.342 e. The molecule has 2 aliphatic heterocycles. The molecule has 0 spiro atoms. The molecule has 1 unspecified atom stereocenters. The highest BCUT2D eigenvalue weighted by atomic mass is 32.2. The minimum absolute atomic E-state index is 0.101. The zero-order valence-corrected chi connectivity index (χ0v) is 11.4. The molecule has 1 atom stereocenters. The highest BCUT2D eigenvalue weighted by Gasteiger charge is 2.32. The van der Waals surface area contributed by atoms with Crippen LogP contribution in [0.1, 0.15) is 37.2 Å². The minimum atomic E-state index is 0.101. The van der Waals surface area contributed by atoms with Crippen molar-refractivity contribution in [3.8, 4) is 0 Å². The van der Waals surface area contributed by atoms with Crippen LogP contribution in [0.4, 0.5) is 0 Å². The number of carbonyl (C=O) groups excluding carboxylic acids is 1. The molecule has 0 radical (unpaired) electrons. The summed E-state index contributed by atoms with van der Waals surface area (Å²) in [6, 6.07) is 8.36. The lowest BCUT2D eigenvalue weighted by molar-refractivity contribution is -0.132. The van der Waals surface area contributed by atoms with Crippen molar-refractivity contribution in [1.29, 1.82) is 0 Å². The van der Waals surface area contributed by atoms with Crippen LogP contribution in [0, 0.1) is 0 Å². The van der Waals surface area contributed by atoms with Crippen LogP contribution in [0.3, 0.4) is 0 Å². The van der Waals surface area contributed by atoms with Crippen LogP contribution in [0.2, 0.25) is 0 Å². The predicted molar refractivity (Wildman–Crippen MR) is 75.0 cm³/mol. The van der Waals surface area contributed by atoms with E-state index in [0.29, 0.717) is 5.91 Å². The lowest BCUT2D eigenvalue weighted by Gasteiger charge is -2.24. The monoisotopic (exact) mass is 261 g/mol. The van der Waals surface area contributed by atoms with E-state index in [0.717, 1.165) is 18.8 Å². The zero-order valence-electron chi connectivity index (χ0n) is 10.6. The number of thioether (sulfide) groups is 1. The summed E-state index contributed by atoms with van der Waals surface area (Å²) in [7, 11) is 0. The molecule has 2 nitrogen and oxygen atoms in total. The second-order valence-electron chi connectivity index (χ2n) is 5.14. The van der Waals surface area contributed by atoms with Crippen molar-refractivity contribution in [3.05, 3.63) is 29.8 Å². The van der Waals surface area contributed by atoms with Crippen LogP contribution in [0.15, 0.2) is 29.2 Å². The molecule has 2 heterocycles. The van der Waals surface area contributed by atoms with Gasteiger partial charge < -0.3 is 4.90 Å². The summed E-state index contributed by atoms with van der Waals surface area (Å²) in [5.41, 5.74) is 1.25. The van der Waals surface area contributed by atoms with E-state index in [1.807, 2.05) is 17.8 Å². The molecule has 1 amide bonds. The normalized spacial score (nSPS) is 23.6. The smallest absolute Gasteiger partial charge is 0.231 e. The van der Waals surface area contributed by atoms with Gasteiger partial charge >= 0.3 is 0 Å². The van der Waals surface area contributed by atoms with Crippen LogP contribution < -0.4 is 0 Å². The molecule has 3 heteroatoms. The van der Waals surface area contributed by atoms with Crippen LogP contribution >= 0.6 is 11.8 Å². The molecule has 0 aromatic heterocycles. The van der Waals surface area contributed by atoms with Gasteiger partial charge in [-0.25, -0.2) is 0 Å². The van der Waals surface area contributed by atoms with Crippen molar-refractivity contribution < 1.29 is 4.79 Å². The molecule has 0 aliphatic carbocycles. The SMILES string of the molecule is O=C(C1CSc2ccccc21)N1CCCCCC1. The first-order valence-electron chi connectivity index (χ1n) is 6.87. The lowest BCUT2D eigenvalue weighted by atomic mass is 10.00. The summed E-state index contributed by atoms with van der Waals surface area (Å²) in [6.07, 6.45) is 4.90. The van der Waals surface area contributed by atoms with Crippen molar-refractivity contribution in [2.45, 2.75) is 36.5 Å². The standard InChI is InChI=1S/C15H19NOS/c17-15(16-9-5-1-2-6-10-16)13-11-18-14-8-4-3-7-12(13)14/h3-4,7-8,13H,1-2,5-6,9-11H2. The van der Waals surface area contributed by atoms with Gasteiger partial charge in [0.1, 0.15) is 0 Å². The zero-order chi connectivity index (χ0) is 12.4. The third-order valence-electron chi connectivity index (χ3n) is 3.92. The van der Waals surface area contributed by atoms with E-state index in [9.17, 15) is 4.79 Å². The molecule has 1 aromatic rings. The Labute approximate surface area is 113 Å². The molecular weight excluding hydrogens is 242 g/mol. The van der Waals surface area contributed by atoms with E-state index in [1.54, 1.807) is 0 Å². The maximum absolute atomic E-state index is 12.6. The van der Waals surface area contributed by atoms with Gasteiger partial charge in [0, 0.05) is 23.7 Å². The second-order valence-corrected chi connectivity index (χ2v) is 6.20. The maximum atomic E-state index is 12.6. The van der Waals surface area contributed by atoms with Gasteiger partial charge in [0.15, 0.2) is 0 Å². The Kier molecular flexibility index (Phi) is 3.59. The van der Waals surface area contributed by atoms with E-state index < -0.39 is 0 Å². The molecule has 0 N–H and O–H groups in total. The van der Waals surface area contributed by atoms with E-state index in [4.69, 9.17) is 0 Å². The van der Waals surface area contributed by atoms with Crippen LogP contribution in [0.25, 0.3) is 0 Å².